The van der Waals surface area contributed by atoms with Crippen molar-refractivity contribution in [3.8, 4) is 17.2 Å². The molecule has 4 aromatic rings. The standard InChI is InChI=1S/C26H19Cl2NO6/c1-32-26(31)16-3-5-17(6-4-16)35-23-13-33-25-18(24(23)30)7-9-22-19(25)12-29(14-34-22)11-15-2-8-20(27)21(28)10-15/h2-10,13H,11-12,14H2,1H3. The minimum atomic E-state index is -0.457. The van der Waals surface area contributed by atoms with Gasteiger partial charge in [0, 0.05) is 13.1 Å². The highest BCUT2D eigenvalue weighted by Crippen LogP contribution is 2.33. The van der Waals surface area contributed by atoms with Crippen LogP contribution in [0.25, 0.3) is 11.0 Å². The molecule has 1 aliphatic heterocycles. The summed E-state index contributed by atoms with van der Waals surface area (Å²) in [4.78, 5) is 26.8. The maximum absolute atomic E-state index is 13.1. The average molecular weight is 512 g/mol. The van der Waals surface area contributed by atoms with E-state index in [1.165, 1.54) is 13.4 Å². The van der Waals surface area contributed by atoms with Gasteiger partial charge in [0.2, 0.25) is 11.2 Å². The minimum Gasteiger partial charge on any atom is -0.478 e. The smallest absolute Gasteiger partial charge is 0.337 e. The van der Waals surface area contributed by atoms with E-state index in [2.05, 4.69) is 9.64 Å². The van der Waals surface area contributed by atoms with E-state index in [9.17, 15) is 9.59 Å². The number of rotatable bonds is 5. The fraction of sp³-hybridized carbons (Fsp3) is 0.154. The highest BCUT2D eigenvalue weighted by molar-refractivity contribution is 6.42. The molecule has 3 aromatic carbocycles. The molecule has 1 aliphatic rings. The van der Waals surface area contributed by atoms with Gasteiger partial charge in [0.1, 0.15) is 30.1 Å². The van der Waals surface area contributed by atoms with Gasteiger partial charge in [0.25, 0.3) is 0 Å². The van der Waals surface area contributed by atoms with Crippen molar-refractivity contribution in [2.24, 2.45) is 0 Å². The summed E-state index contributed by atoms with van der Waals surface area (Å²) < 4.78 is 22.2. The molecular weight excluding hydrogens is 493 g/mol. The van der Waals surface area contributed by atoms with Crippen LogP contribution < -0.4 is 14.9 Å². The van der Waals surface area contributed by atoms with Gasteiger partial charge in [-0.3, -0.25) is 9.69 Å². The van der Waals surface area contributed by atoms with Crippen LogP contribution in [0, 0.1) is 0 Å². The summed E-state index contributed by atoms with van der Waals surface area (Å²) in [6.45, 7) is 1.48. The quantitative estimate of drug-likeness (QED) is 0.302. The van der Waals surface area contributed by atoms with E-state index in [-0.39, 0.29) is 11.2 Å². The molecule has 0 amide bonds. The van der Waals surface area contributed by atoms with Crippen molar-refractivity contribution < 1.29 is 23.4 Å². The van der Waals surface area contributed by atoms with E-state index in [4.69, 9.17) is 37.1 Å². The van der Waals surface area contributed by atoms with Gasteiger partial charge in [-0.15, -0.1) is 0 Å². The Bertz CT molecular complexity index is 1480. The van der Waals surface area contributed by atoms with E-state index < -0.39 is 5.97 Å². The second-order valence-corrected chi connectivity index (χ2v) is 8.79. The fourth-order valence-electron chi connectivity index (χ4n) is 3.91. The fourth-order valence-corrected chi connectivity index (χ4v) is 4.23. The molecule has 0 fully saturated rings. The van der Waals surface area contributed by atoms with Crippen LogP contribution in [0.3, 0.4) is 0 Å². The third-order valence-corrected chi connectivity index (χ3v) is 6.39. The monoisotopic (exact) mass is 511 g/mol. The normalized spacial score (nSPS) is 13.2. The Labute approximate surface area is 210 Å². The molecule has 0 bridgehead atoms. The first-order valence-corrected chi connectivity index (χ1v) is 11.4. The van der Waals surface area contributed by atoms with Crippen LogP contribution in [0.2, 0.25) is 10.0 Å². The summed E-state index contributed by atoms with van der Waals surface area (Å²) in [5.74, 6) is 0.631. The van der Waals surface area contributed by atoms with Crippen LogP contribution in [0.15, 0.2) is 70.1 Å². The zero-order valence-electron chi connectivity index (χ0n) is 18.5. The van der Waals surface area contributed by atoms with Crippen molar-refractivity contribution in [3.63, 3.8) is 0 Å². The molecule has 0 saturated heterocycles. The van der Waals surface area contributed by atoms with Gasteiger partial charge in [0.05, 0.1) is 33.7 Å². The molecule has 2 heterocycles. The Morgan fingerprint density at radius 1 is 1.06 bits per heavy atom. The Morgan fingerprint density at radius 2 is 1.86 bits per heavy atom. The van der Waals surface area contributed by atoms with E-state index in [1.807, 2.05) is 12.1 Å². The Kier molecular flexibility index (Phi) is 6.38. The molecule has 9 heteroatoms. The Balaban J connectivity index is 1.40. The van der Waals surface area contributed by atoms with Crippen LogP contribution in [-0.2, 0) is 17.8 Å². The van der Waals surface area contributed by atoms with Crippen molar-refractivity contribution in [2.75, 3.05) is 13.8 Å². The maximum atomic E-state index is 13.1. The zero-order valence-corrected chi connectivity index (χ0v) is 20.1. The number of carbonyl (C=O) groups excluding carboxylic acids is 1. The van der Waals surface area contributed by atoms with Crippen LogP contribution in [-0.4, -0.2) is 24.7 Å². The summed E-state index contributed by atoms with van der Waals surface area (Å²) in [6, 6.07) is 15.2. The lowest BCUT2D eigenvalue weighted by Gasteiger charge is -2.29. The third kappa shape index (κ3) is 4.71. The van der Waals surface area contributed by atoms with Gasteiger partial charge >= 0.3 is 5.97 Å². The van der Waals surface area contributed by atoms with E-state index >= 15 is 0 Å². The third-order valence-electron chi connectivity index (χ3n) is 5.65. The number of hydrogen-bond donors (Lipinski definition) is 0. The lowest BCUT2D eigenvalue weighted by atomic mass is 10.1. The number of nitrogens with zero attached hydrogens (tertiary/aromatic N) is 1. The number of halogens is 2. The number of fused-ring (bicyclic) bond motifs is 3. The molecule has 0 unspecified atom stereocenters. The highest BCUT2D eigenvalue weighted by Gasteiger charge is 2.23. The largest absolute Gasteiger partial charge is 0.478 e. The predicted molar refractivity (Wildman–Crippen MR) is 132 cm³/mol. The van der Waals surface area contributed by atoms with Gasteiger partial charge in [-0.05, 0) is 54.1 Å². The van der Waals surface area contributed by atoms with Crippen molar-refractivity contribution in [1.82, 2.24) is 4.90 Å². The topological polar surface area (TPSA) is 78.2 Å². The van der Waals surface area contributed by atoms with Crippen LogP contribution >= 0.6 is 23.2 Å². The van der Waals surface area contributed by atoms with E-state index in [0.717, 1.165) is 11.1 Å². The SMILES string of the molecule is COC(=O)c1ccc(Oc2coc3c4c(ccc3c2=O)OCN(Cc2ccc(Cl)c(Cl)c2)C4)cc1. The van der Waals surface area contributed by atoms with Crippen LogP contribution in [0.5, 0.6) is 17.2 Å². The average Bonchev–Trinajstić information content (AvgIpc) is 2.87. The lowest BCUT2D eigenvalue weighted by Crippen LogP contribution is -2.31. The Hall–Kier alpha value is -3.52. The van der Waals surface area contributed by atoms with Gasteiger partial charge in [-0.25, -0.2) is 4.79 Å². The number of carbonyl (C=O) groups is 1. The van der Waals surface area contributed by atoms with Crippen LogP contribution in [0.4, 0.5) is 0 Å². The zero-order chi connectivity index (χ0) is 24.5. The van der Waals surface area contributed by atoms with Gasteiger partial charge < -0.3 is 18.6 Å². The summed E-state index contributed by atoms with van der Waals surface area (Å²) in [5, 5.41) is 1.37. The first kappa shape index (κ1) is 23.2. The van der Waals surface area contributed by atoms with Crippen molar-refractivity contribution in [1.29, 1.82) is 0 Å². The maximum Gasteiger partial charge on any atom is 0.337 e. The number of methoxy groups -OCH3 is 1. The number of ether oxygens (including phenoxy) is 3. The van der Waals surface area contributed by atoms with Crippen molar-refractivity contribution in [2.45, 2.75) is 13.1 Å². The molecule has 0 saturated carbocycles. The number of hydrogen-bond acceptors (Lipinski definition) is 7. The van der Waals surface area contributed by atoms with Gasteiger partial charge in [-0.2, -0.15) is 0 Å². The van der Waals surface area contributed by atoms with Crippen molar-refractivity contribution >= 4 is 40.1 Å². The predicted octanol–water partition coefficient (Wildman–Crippen LogP) is 6.03. The van der Waals surface area contributed by atoms with Gasteiger partial charge in [-0.1, -0.05) is 29.3 Å². The lowest BCUT2D eigenvalue weighted by molar-refractivity contribution is 0.0600. The number of esters is 1. The molecular formula is C26H19Cl2NO6. The Morgan fingerprint density at radius 3 is 2.60 bits per heavy atom. The number of benzene rings is 3. The summed E-state index contributed by atoms with van der Waals surface area (Å²) in [5.41, 5.74) is 2.27. The first-order valence-electron chi connectivity index (χ1n) is 10.7. The molecule has 0 N–H and O–H groups in total. The summed E-state index contributed by atoms with van der Waals surface area (Å²) in [6.07, 6.45) is 1.29. The molecule has 5 rings (SSSR count). The molecule has 0 aliphatic carbocycles. The first-order chi connectivity index (χ1) is 16.9. The molecule has 0 spiro atoms. The molecule has 35 heavy (non-hydrogen) atoms. The summed E-state index contributed by atoms with van der Waals surface area (Å²) >= 11 is 12.2. The molecule has 7 nitrogen and oxygen atoms in total. The molecule has 178 valence electrons. The second-order valence-electron chi connectivity index (χ2n) is 7.97. The van der Waals surface area contributed by atoms with Gasteiger partial charge in [0.15, 0.2) is 0 Å². The highest BCUT2D eigenvalue weighted by atomic mass is 35.5. The summed E-state index contributed by atoms with van der Waals surface area (Å²) in [7, 11) is 1.31. The molecule has 0 radical (unpaired) electrons. The van der Waals surface area contributed by atoms with Crippen molar-refractivity contribution in [3.05, 3.63) is 97.8 Å². The van der Waals surface area contributed by atoms with Crippen LogP contribution in [0.1, 0.15) is 21.5 Å². The molecule has 0 atom stereocenters. The van der Waals surface area contributed by atoms with E-state index in [0.29, 0.717) is 57.9 Å². The van der Waals surface area contributed by atoms with E-state index in [1.54, 1.807) is 42.5 Å². The minimum absolute atomic E-state index is 0.0349. The molecule has 1 aromatic heterocycles. The second kappa shape index (κ2) is 9.62.